The maximum atomic E-state index is 2.49. The number of fused-ring (bicyclic) bond motifs is 1. The van der Waals surface area contributed by atoms with E-state index in [1.807, 2.05) is 0 Å². The molecule has 0 radical (unpaired) electrons. The molecular weight excluding hydrogens is 108 g/mol. The van der Waals surface area contributed by atoms with Crippen molar-refractivity contribution in [2.75, 3.05) is 0 Å². The SMILES string of the molecule is CC1C23C=CC1(CC2)C3. The molecule has 0 heterocycles. The normalized spacial score (nSPS) is 66.6. The Kier molecular flexibility index (Phi) is 0.455. The summed E-state index contributed by atoms with van der Waals surface area (Å²) in [4.78, 5) is 0. The molecule has 0 aromatic heterocycles. The Bertz CT molecular complexity index is 184. The minimum absolute atomic E-state index is 0.722. The fraction of sp³-hybridized carbons (Fsp3) is 0.778. The maximum absolute atomic E-state index is 2.49. The molecule has 0 heteroatoms. The Labute approximate surface area is 56.0 Å². The van der Waals surface area contributed by atoms with E-state index >= 15 is 0 Å². The highest BCUT2D eigenvalue weighted by atomic mass is 14.7. The van der Waals surface area contributed by atoms with Gasteiger partial charge in [-0.15, -0.1) is 0 Å². The molecule has 9 heavy (non-hydrogen) atoms. The van der Waals surface area contributed by atoms with Crippen LogP contribution in [0.2, 0.25) is 0 Å². The van der Waals surface area contributed by atoms with Crippen molar-refractivity contribution in [3.8, 4) is 0 Å². The second-order valence-corrected chi connectivity index (χ2v) is 4.20. The first-order valence-corrected chi connectivity index (χ1v) is 3.98. The fourth-order valence-electron chi connectivity index (χ4n) is 3.34. The third-order valence-corrected chi connectivity index (χ3v) is 4.19. The van der Waals surface area contributed by atoms with Gasteiger partial charge in [0.1, 0.15) is 0 Å². The summed E-state index contributed by atoms with van der Waals surface area (Å²) < 4.78 is 0. The summed E-state index contributed by atoms with van der Waals surface area (Å²) >= 11 is 0. The lowest BCUT2D eigenvalue weighted by Gasteiger charge is -2.45. The van der Waals surface area contributed by atoms with Gasteiger partial charge in [0.2, 0.25) is 0 Å². The van der Waals surface area contributed by atoms with Crippen LogP contribution in [0, 0.1) is 16.7 Å². The average Bonchev–Trinajstić information content (AvgIpc) is 2.53. The summed E-state index contributed by atoms with van der Waals surface area (Å²) in [6.45, 7) is 2.43. The molecule has 2 atom stereocenters. The highest BCUT2D eigenvalue weighted by Crippen LogP contribution is 2.76. The molecule has 0 aliphatic heterocycles. The summed E-state index contributed by atoms with van der Waals surface area (Å²) in [5.74, 6) is 1.00. The summed E-state index contributed by atoms with van der Waals surface area (Å²) in [6.07, 6.45) is 9.46. The van der Waals surface area contributed by atoms with Crippen molar-refractivity contribution in [2.45, 2.75) is 26.2 Å². The lowest BCUT2D eigenvalue weighted by molar-refractivity contribution is 0.0639. The molecular formula is C9H12. The zero-order valence-electron chi connectivity index (χ0n) is 5.85. The van der Waals surface area contributed by atoms with Gasteiger partial charge in [-0.3, -0.25) is 0 Å². The molecule has 0 saturated heterocycles. The molecule has 2 bridgehead atoms. The zero-order chi connectivity index (χ0) is 6.11. The third kappa shape index (κ3) is 0.253. The fourth-order valence-corrected chi connectivity index (χ4v) is 3.34. The van der Waals surface area contributed by atoms with Gasteiger partial charge in [0.05, 0.1) is 0 Å². The number of hydrogen-bond donors (Lipinski definition) is 0. The molecule has 0 N–H and O–H groups in total. The van der Waals surface area contributed by atoms with Crippen LogP contribution in [0.3, 0.4) is 0 Å². The first kappa shape index (κ1) is 4.54. The average molecular weight is 120 g/mol. The van der Waals surface area contributed by atoms with E-state index in [0.717, 1.165) is 16.7 Å². The molecule has 5 aliphatic carbocycles. The van der Waals surface area contributed by atoms with Crippen molar-refractivity contribution >= 4 is 0 Å². The highest BCUT2D eigenvalue weighted by Gasteiger charge is 2.67. The van der Waals surface area contributed by atoms with Crippen LogP contribution in [0.1, 0.15) is 26.2 Å². The van der Waals surface area contributed by atoms with E-state index in [2.05, 4.69) is 19.1 Å². The molecule has 0 nitrogen and oxygen atoms in total. The first-order chi connectivity index (χ1) is 4.28. The van der Waals surface area contributed by atoms with Crippen molar-refractivity contribution in [1.29, 1.82) is 0 Å². The van der Waals surface area contributed by atoms with Gasteiger partial charge in [-0.25, -0.2) is 0 Å². The first-order valence-electron chi connectivity index (χ1n) is 3.98. The van der Waals surface area contributed by atoms with Gasteiger partial charge < -0.3 is 0 Å². The van der Waals surface area contributed by atoms with Crippen LogP contribution in [-0.2, 0) is 0 Å². The van der Waals surface area contributed by atoms with E-state index in [1.165, 1.54) is 19.3 Å². The van der Waals surface area contributed by atoms with Crippen LogP contribution < -0.4 is 0 Å². The van der Waals surface area contributed by atoms with Crippen LogP contribution in [0.15, 0.2) is 12.2 Å². The van der Waals surface area contributed by atoms with Crippen LogP contribution in [0.5, 0.6) is 0 Å². The zero-order valence-corrected chi connectivity index (χ0v) is 5.85. The van der Waals surface area contributed by atoms with Crippen LogP contribution in [0.4, 0.5) is 0 Å². The summed E-state index contributed by atoms with van der Waals surface area (Å²) in [7, 11) is 0. The second kappa shape index (κ2) is 0.902. The molecule has 0 amide bonds. The Morgan fingerprint density at radius 3 is 1.89 bits per heavy atom. The number of rotatable bonds is 0. The Hall–Kier alpha value is -0.260. The second-order valence-electron chi connectivity index (χ2n) is 4.20. The molecule has 0 spiro atoms. The predicted molar refractivity (Wildman–Crippen MR) is 37.0 cm³/mol. The lowest BCUT2D eigenvalue weighted by atomic mass is 9.59. The van der Waals surface area contributed by atoms with Crippen LogP contribution >= 0.6 is 0 Å². The Morgan fingerprint density at radius 1 is 1.22 bits per heavy atom. The largest absolute Gasteiger partial charge is 0.0814 e. The van der Waals surface area contributed by atoms with E-state index in [-0.39, 0.29) is 0 Å². The van der Waals surface area contributed by atoms with E-state index in [0.29, 0.717) is 0 Å². The van der Waals surface area contributed by atoms with Gasteiger partial charge in [-0.1, -0.05) is 19.1 Å². The number of allylic oxidation sites excluding steroid dienone is 2. The molecule has 0 aromatic rings. The number of hydrogen-bond acceptors (Lipinski definition) is 0. The van der Waals surface area contributed by atoms with Gasteiger partial charge in [-0.2, -0.15) is 0 Å². The molecule has 3 fully saturated rings. The quantitative estimate of drug-likeness (QED) is 0.430. The molecule has 0 aromatic carbocycles. The molecule has 5 aliphatic rings. The van der Waals surface area contributed by atoms with Crippen molar-refractivity contribution in [1.82, 2.24) is 0 Å². The van der Waals surface area contributed by atoms with E-state index < -0.39 is 0 Å². The minimum atomic E-state index is 0.722. The van der Waals surface area contributed by atoms with Crippen molar-refractivity contribution in [3.05, 3.63) is 12.2 Å². The lowest BCUT2D eigenvalue weighted by Crippen LogP contribution is -2.38. The van der Waals surface area contributed by atoms with Gasteiger partial charge in [0.15, 0.2) is 0 Å². The monoisotopic (exact) mass is 120 g/mol. The molecule has 48 valence electrons. The summed E-state index contributed by atoms with van der Waals surface area (Å²) in [5.41, 5.74) is 1.44. The standard InChI is InChI=1S/C9H12/c1-7-8-2-3-9(7,6-8)5-4-8/h2-3,7H,4-6H2,1H3. The maximum Gasteiger partial charge on any atom is -0.00755 e. The minimum Gasteiger partial charge on any atom is -0.0814 e. The Morgan fingerprint density at radius 2 is 1.78 bits per heavy atom. The van der Waals surface area contributed by atoms with Crippen molar-refractivity contribution in [2.24, 2.45) is 16.7 Å². The Balaban J connectivity index is 2.24. The predicted octanol–water partition coefficient (Wildman–Crippen LogP) is 2.36. The van der Waals surface area contributed by atoms with Crippen LogP contribution in [0.25, 0.3) is 0 Å². The van der Waals surface area contributed by atoms with Gasteiger partial charge in [-0.05, 0) is 36.0 Å². The molecule has 2 unspecified atom stereocenters. The molecule has 5 rings (SSSR count). The van der Waals surface area contributed by atoms with E-state index in [1.54, 1.807) is 0 Å². The van der Waals surface area contributed by atoms with Gasteiger partial charge >= 0.3 is 0 Å². The topological polar surface area (TPSA) is 0 Å². The summed E-state index contributed by atoms with van der Waals surface area (Å²) in [5, 5.41) is 0. The van der Waals surface area contributed by atoms with E-state index in [4.69, 9.17) is 0 Å². The van der Waals surface area contributed by atoms with Crippen molar-refractivity contribution in [3.63, 3.8) is 0 Å². The smallest absolute Gasteiger partial charge is 0.00755 e. The van der Waals surface area contributed by atoms with Gasteiger partial charge in [0, 0.05) is 0 Å². The highest BCUT2D eigenvalue weighted by molar-refractivity contribution is 5.35. The van der Waals surface area contributed by atoms with Gasteiger partial charge in [0.25, 0.3) is 0 Å². The van der Waals surface area contributed by atoms with Crippen LogP contribution in [-0.4, -0.2) is 0 Å². The van der Waals surface area contributed by atoms with E-state index in [9.17, 15) is 0 Å². The van der Waals surface area contributed by atoms with Crippen molar-refractivity contribution < 1.29 is 0 Å². The summed E-state index contributed by atoms with van der Waals surface area (Å²) in [6, 6.07) is 0. The molecule has 3 saturated carbocycles. The third-order valence-electron chi connectivity index (χ3n) is 4.19.